The molecule has 0 saturated carbocycles. The van der Waals surface area contributed by atoms with Crippen molar-refractivity contribution in [2.75, 3.05) is 7.11 Å². The lowest BCUT2D eigenvalue weighted by Crippen LogP contribution is -2.42. The molecule has 0 heterocycles. The third-order valence-electron chi connectivity index (χ3n) is 3.33. The van der Waals surface area contributed by atoms with Crippen LogP contribution in [0.4, 0.5) is 0 Å². The number of hydrazine groups is 1. The molecule has 4 heteroatoms. The van der Waals surface area contributed by atoms with Crippen LogP contribution in [0.15, 0.2) is 59.1 Å². The van der Waals surface area contributed by atoms with Crippen LogP contribution in [0.2, 0.25) is 0 Å². The van der Waals surface area contributed by atoms with Gasteiger partial charge in [0.15, 0.2) is 0 Å². The maximum Gasteiger partial charge on any atom is 0.0990 e. The van der Waals surface area contributed by atoms with Crippen molar-refractivity contribution >= 4 is 15.9 Å². The van der Waals surface area contributed by atoms with Crippen molar-refractivity contribution < 1.29 is 4.74 Å². The van der Waals surface area contributed by atoms with Gasteiger partial charge in [-0.15, -0.1) is 0 Å². The maximum absolute atomic E-state index is 5.73. The topological polar surface area (TPSA) is 47.3 Å². The molecule has 0 aliphatic heterocycles. The Morgan fingerprint density at radius 3 is 2.30 bits per heavy atom. The summed E-state index contributed by atoms with van der Waals surface area (Å²) in [7, 11) is 1.71. The molecule has 2 aromatic rings. The average Bonchev–Trinajstić information content (AvgIpc) is 2.50. The van der Waals surface area contributed by atoms with Crippen molar-refractivity contribution in [1.82, 2.24) is 5.43 Å². The number of benzene rings is 2. The Morgan fingerprint density at radius 1 is 1.10 bits per heavy atom. The van der Waals surface area contributed by atoms with E-state index in [0.717, 1.165) is 16.5 Å². The van der Waals surface area contributed by atoms with Gasteiger partial charge in [-0.1, -0.05) is 58.4 Å². The quantitative estimate of drug-likeness (QED) is 0.629. The second kappa shape index (κ2) is 7.55. The minimum Gasteiger partial charge on any atom is -0.375 e. The van der Waals surface area contributed by atoms with Gasteiger partial charge in [-0.2, -0.15) is 0 Å². The Bertz CT molecular complexity index is 516. The van der Waals surface area contributed by atoms with Crippen LogP contribution < -0.4 is 11.3 Å². The van der Waals surface area contributed by atoms with Gasteiger partial charge in [0, 0.05) is 11.6 Å². The molecule has 0 radical (unpaired) electrons. The van der Waals surface area contributed by atoms with E-state index in [1.54, 1.807) is 7.11 Å². The van der Waals surface area contributed by atoms with Gasteiger partial charge in [0.25, 0.3) is 0 Å². The Morgan fingerprint density at radius 2 is 1.75 bits per heavy atom. The van der Waals surface area contributed by atoms with Gasteiger partial charge in [-0.25, -0.2) is 0 Å². The highest BCUT2D eigenvalue weighted by atomic mass is 79.9. The first kappa shape index (κ1) is 15.2. The fourth-order valence-electron chi connectivity index (χ4n) is 2.30. The molecule has 20 heavy (non-hydrogen) atoms. The molecule has 0 aromatic heterocycles. The largest absolute Gasteiger partial charge is 0.375 e. The van der Waals surface area contributed by atoms with E-state index in [0.29, 0.717) is 0 Å². The number of rotatable bonds is 6. The number of nitrogens with two attached hydrogens (primary N) is 1. The fourth-order valence-corrected chi connectivity index (χ4v) is 2.57. The van der Waals surface area contributed by atoms with E-state index in [-0.39, 0.29) is 12.1 Å². The molecule has 0 amide bonds. The van der Waals surface area contributed by atoms with Crippen LogP contribution in [0.25, 0.3) is 0 Å². The van der Waals surface area contributed by atoms with E-state index < -0.39 is 0 Å². The Labute approximate surface area is 128 Å². The first-order valence-corrected chi connectivity index (χ1v) is 7.32. The summed E-state index contributed by atoms with van der Waals surface area (Å²) in [6.07, 6.45) is 0.724. The summed E-state index contributed by atoms with van der Waals surface area (Å²) in [5, 5.41) is 0. The molecule has 2 atom stereocenters. The molecule has 0 spiro atoms. The zero-order valence-electron chi connectivity index (χ0n) is 11.4. The second-order valence-corrected chi connectivity index (χ2v) is 5.59. The number of halogens is 1. The minimum atomic E-state index is -0.0788. The summed E-state index contributed by atoms with van der Waals surface area (Å²) in [6.45, 7) is 0. The highest BCUT2D eigenvalue weighted by Crippen LogP contribution is 2.23. The number of hydrogen-bond acceptors (Lipinski definition) is 3. The zero-order valence-corrected chi connectivity index (χ0v) is 13.0. The van der Waals surface area contributed by atoms with Crippen LogP contribution in [0.3, 0.4) is 0 Å². The fraction of sp³-hybridized carbons (Fsp3) is 0.250. The molecule has 0 aliphatic carbocycles. The molecule has 0 fully saturated rings. The molecular formula is C16H19BrN2O. The standard InChI is InChI=1S/C16H19BrN2O/c1-20-16(13-5-3-2-4-6-13)15(19-18)11-12-7-9-14(17)10-8-12/h2-10,15-16,19H,11,18H2,1H3. The van der Waals surface area contributed by atoms with Crippen molar-refractivity contribution in [3.8, 4) is 0 Å². The zero-order chi connectivity index (χ0) is 14.4. The van der Waals surface area contributed by atoms with E-state index >= 15 is 0 Å². The number of ether oxygens (including phenoxy) is 1. The third kappa shape index (κ3) is 3.90. The first-order valence-electron chi connectivity index (χ1n) is 6.53. The van der Waals surface area contributed by atoms with Crippen molar-refractivity contribution in [2.45, 2.75) is 18.6 Å². The smallest absolute Gasteiger partial charge is 0.0990 e. The molecule has 0 aliphatic rings. The summed E-state index contributed by atoms with van der Waals surface area (Å²) >= 11 is 3.44. The number of hydrogen-bond donors (Lipinski definition) is 2. The Balaban J connectivity index is 2.15. The summed E-state index contributed by atoms with van der Waals surface area (Å²) < 4.78 is 6.71. The van der Waals surface area contributed by atoms with Gasteiger partial charge in [-0.05, 0) is 29.7 Å². The molecule has 2 rings (SSSR count). The van der Waals surface area contributed by atoms with E-state index in [1.807, 2.05) is 30.3 Å². The normalized spacial score (nSPS) is 13.9. The van der Waals surface area contributed by atoms with E-state index in [1.165, 1.54) is 5.56 Å². The predicted octanol–water partition coefficient (Wildman–Crippen LogP) is 3.21. The lowest BCUT2D eigenvalue weighted by molar-refractivity contribution is 0.0679. The van der Waals surface area contributed by atoms with Crippen molar-refractivity contribution in [1.29, 1.82) is 0 Å². The maximum atomic E-state index is 5.73. The third-order valence-corrected chi connectivity index (χ3v) is 3.86. The van der Waals surface area contributed by atoms with Gasteiger partial charge in [0.05, 0.1) is 12.1 Å². The lowest BCUT2D eigenvalue weighted by Gasteiger charge is -2.26. The van der Waals surface area contributed by atoms with Crippen molar-refractivity contribution in [3.63, 3.8) is 0 Å². The molecule has 3 N–H and O–H groups in total. The van der Waals surface area contributed by atoms with Gasteiger partial charge >= 0.3 is 0 Å². The molecule has 0 saturated heterocycles. The summed E-state index contributed by atoms with van der Waals surface area (Å²) in [5.74, 6) is 5.73. The predicted molar refractivity (Wildman–Crippen MR) is 85.1 cm³/mol. The van der Waals surface area contributed by atoms with Crippen molar-refractivity contribution in [2.24, 2.45) is 5.84 Å². The molecule has 3 nitrogen and oxygen atoms in total. The molecular weight excluding hydrogens is 316 g/mol. The van der Waals surface area contributed by atoms with Crippen LogP contribution in [0, 0.1) is 0 Å². The van der Waals surface area contributed by atoms with Gasteiger partial charge in [-0.3, -0.25) is 11.3 Å². The van der Waals surface area contributed by atoms with Crippen molar-refractivity contribution in [3.05, 3.63) is 70.2 Å². The molecule has 106 valence electrons. The lowest BCUT2D eigenvalue weighted by atomic mass is 9.96. The second-order valence-electron chi connectivity index (χ2n) is 4.67. The van der Waals surface area contributed by atoms with Crippen LogP contribution in [0.1, 0.15) is 17.2 Å². The van der Waals surface area contributed by atoms with E-state index in [2.05, 4.69) is 45.6 Å². The molecule has 2 unspecified atom stereocenters. The minimum absolute atomic E-state index is 0.0172. The highest BCUT2D eigenvalue weighted by Gasteiger charge is 2.22. The van der Waals surface area contributed by atoms with Crippen LogP contribution in [-0.2, 0) is 11.2 Å². The van der Waals surface area contributed by atoms with Gasteiger partial charge < -0.3 is 4.74 Å². The number of nitrogens with one attached hydrogen (secondary N) is 1. The van der Waals surface area contributed by atoms with Gasteiger partial charge in [0.2, 0.25) is 0 Å². The SMILES string of the molecule is COC(c1ccccc1)C(Cc1ccc(Br)cc1)NN. The average molecular weight is 335 g/mol. The monoisotopic (exact) mass is 334 g/mol. The molecule has 0 bridgehead atoms. The Kier molecular flexibility index (Phi) is 5.73. The Hall–Kier alpha value is -1.20. The summed E-state index contributed by atoms with van der Waals surface area (Å²) in [6, 6.07) is 18.4. The van der Waals surface area contributed by atoms with Gasteiger partial charge in [0.1, 0.15) is 0 Å². The first-order chi connectivity index (χ1) is 9.74. The van der Waals surface area contributed by atoms with E-state index in [9.17, 15) is 0 Å². The van der Waals surface area contributed by atoms with Crippen LogP contribution >= 0.6 is 15.9 Å². The molecule has 2 aromatic carbocycles. The van der Waals surface area contributed by atoms with E-state index in [4.69, 9.17) is 10.6 Å². The highest BCUT2D eigenvalue weighted by molar-refractivity contribution is 9.10. The van der Waals surface area contributed by atoms with Crippen LogP contribution in [0.5, 0.6) is 0 Å². The summed E-state index contributed by atoms with van der Waals surface area (Å²) in [4.78, 5) is 0. The summed E-state index contributed by atoms with van der Waals surface area (Å²) in [5.41, 5.74) is 5.22. The van der Waals surface area contributed by atoms with Crippen LogP contribution in [-0.4, -0.2) is 13.2 Å². The number of methoxy groups -OCH3 is 1.